The Morgan fingerprint density at radius 2 is 1.77 bits per heavy atom. The van der Waals surface area contributed by atoms with Crippen molar-refractivity contribution in [2.75, 3.05) is 14.1 Å². The lowest BCUT2D eigenvalue weighted by molar-refractivity contribution is 0.0947. The molecule has 0 radical (unpaired) electrons. The third kappa shape index (κ3) is 3.55. The first-order valence-electron chi connectivity index (χ1n) is 6.67. The minimum Gasteiger partial charge on any atom is -0.465 e. The van der Waals surface area contributed by atoms with Crippen LogP contribution in [0.3, 0.4) is 0 Å². The molecule has 1 aromatic heterocycles. The van der Waals surface area contributed by atoms with Gasteiger partial charge in [0, 0.05) is 19.7 Å². The summed E-state index contributed by atoms with van der Waals surface area (Å²) in [4.78, 5) is 12.2. The summed E-state index contributed by atoms with van der Waals surface area (Å²) in [5.74, 6) is 1.16. The Bertz CT molecular complexity index is 761. The van der Waals surface area contributed by atoms with Gasteiger partial charge >= 0.3 is 0 Å². The molecule has 22 heavy (non-hydrogen) atoms. The van der Waals surface area contributed by atoms with Gasteiger partial charge in [-0.2, -0.15) is 0 Å². The maximum Gasteiger partial charge on any atom is 0.251 e. The monoisotopic (exact) mass is 322 g/mol. The zero-order chi connectivity index (χ0) is 16.3. The number of hydrogen-bond donors (Lipinski definition) is 1. The summed E-state index contributed by atoms with van der Waals surface area (Å²) >= 11 is 0. The molecule has 6 nitrogen and oxygen atoms in total. The molecule has 7 heteroatoms. The summed E-state index contributed by atoms with van der Waals surface area (Å²) in [6.07, 6.45) is 0. The normalized spacial score (nSPS) is 11.6. The van der Waals surface area contributed by atoms with E-state index in [9.17, 15) is 13.2 Å². The van der Waals surface area contributed by atoms with E-state index in [1.807, 2.05) is 13.0 Å². The number of furan rings is 1. The van der Waals surface area contributed by atoms with E-state index in [-0.39, 0.29) is 17.3 Å². The number of carbonyl (C=O) groups is 1. The van der Waals surface area contributed by atoms with E-state index >= 15 is 0 Å². The molecule has 0 aliphatic heterocycles. The topological polar surface area (TPSA) is 79.6 Å². The van der Waals surface area contributed by atoms with E-state index in [0.29, 0.717) is 11.3 Å². The van der Waals surface area contributed by atoms with Gasteiger partial charge < -0.3 is 9.73 Å². The Morgan fingerprint density at radius 1 is 1.14 bits per heavy atom. The Balaban J connectivity index is 2.05. The lowest BCUT2D eigenvalue weighted by Crippen LogP contribution is -2.24. The van der Waals surface area contributed by atoms with Crippen LogP contribution in [0.4, 0.5) is 0 Å². The van der Waals surface area contributed by atoms with E-state index < -0.39 is 10.0 Å². The first-order valence-corrected chi connectivity index (χ1v) is 8.11. The summed E-state index contributed by atoms with van der Waals surface area (Å²) in [5.41, 5.74) is 0.390. The lowest BCUT2D eigenvalue weighted by Gasteiger charge is -2.11. The maximum atomic E-state index is 12.0. The first kappa shape index (κ1) is 16.3. The second-order valence-corrected chi connectivity index (χ2v) is 7.16. The van der Waals surface area contributed by atoms with Gasteiger partial charge in [-0.25, -0.2) is 12.7 Å². The Kier molecular flexibility index (Phi) is 4.68. The summed E-state index contributed by atoms with van der Waals surface area (Å²) in [6, 6.07) is 9.42. The average Bonchev–Trinajstić information content (AvgIpc) is 2.90. The molecule has 2 aromatic rings. The Hall–Kier alpha value is -2.12. The standard InChI is InChI=1S/C15H18N2O4S/c1-11-4-7-13(21-11)10-16-15(18)12-5-8-14(9-6-12)22(19,20)17(2)3/h4-9H,10H2,1-3H3,(H,16,18). The average molecular weight is 322 g/mol. The summed E-state index contributed by atoms with van der Waals surface area (Å²) in [5, 5.41) is 2.72. The molecule has 0 saturated carbocycles. The first-order chi connectivity index (χ1) is 10.3. The highest BCUT2D eigenvalue weighted by atomic mass is 32.2. The highest BCUT2D eigenvalue weighted by molar-refractivity contribution is 7.89. The molecule has 1 amide bonds. The Morgan fingerprint density at radius 3 is 2.27 bits per heavy atom. The number of nitrogens with one attached hydrogen (secondary N) is 1. The number of nitrogens with zero attached hydrogens (tertiary/aromatic N) is 1. The van der Waals surface area contributed by atoms with Crippen LogP contribution in [0.5, 0.6) is 0 Å². The number of aryl methyl sites for hydroxylation is 1. The molecule has 0 unspecified atom stereocenters. The van der Waals surface area contributed by atoms with Crippen molar-refractivity contribution >= 4 is 15.9 Å². The molecule has 0 saturated heterocycles. The van der Waals surface area contributed by atoms with Crippen LogP contribution in [0, 0.1) is 6.92 Å². The van der Waals surface area contributed by atoms with Gasteiger partial charge in [0.25, 0.3) is 5.91 Å². The van der Waals surface area contributed by atoms with E-state index in [1.165, 1.54) is 38.4 Å². The van der Waals surface area contributed by atoms with Gasteiger partial charge in [-0.15, -0.1) is 0 Å². The van der Waals surface area contributed by atoms with Crippen molar-refractivity contribution in [2.24, 2.45) is 0 Å². The van der Waals surface area contributed by atoms with E-state index in [4.69, 9.17) is 4.42 Å². The molecule has 0 spiro atoms. The predicted molar refractivity (Wildman–Crippen MR) is 81.9 cm³/mol. The van der Waals surface area contributed by atoms with Gasteiger partial charge in [0.05, 0.1) is 11.4 Å². The quantitative estimate of drug-likeness (QED) is 0.910. The summed E-state index contributed by atoms with van der Waals surface area (Å²) in [7, 11) is -0.566. The molecule has 2 rings (SSSR count). The lowest BCUT2D eigenvalue weighted by atomic mass is 10.2. The van der Waals surface area contributed by atoms with Gasteiger partial charge in [-0.1, -0.05) is 0 Å². The van der Waals surface area contributed by atoms with Gasteiger partial charge in [0.15, 0.2) is 0 Å². The van der Waals surface area contributed by atoms with Crippen LogP contribution in [-0.4, -0.2) is 32.7 Å². The maximum absolute atomic E-state index is 12.0. The largest absolute Gasteiger partial charge is 0.465 e. The fourth-order valence-corrected chi connectivity index (χ4v) is 2.74. The molecular formula is C15H18N2O4S. The van der Waals surface area contributed by atoms with Crippen LogP contribution in [0.15, 0.2) is 45.7 Å². The van der Waals surface area contributed by atoms with Gasteiger partial charge in [0.1, 0.15) is 11.5 Å². The molecule has 0 atom stereocenters. The second kappa shape index (κ2) is 6.33. The minimum atomic E-state index is -3.49. The zero-order valence-corrected chi connectivity index (χ0v) is 13.5. The fraction of sp³-hybridized carbons (Fsp3) is 0.267. The van der Waals surface area contributed by atoms with Crippen molar-refractivity contribution in [1.29, 1.82) is 0 Å². The third-order valence-electron chi connectivity index (χ3n) is 3.11. The fourth-order valence-electron chi connectivity index (χ4n) is 1.84. The van der Waals surface area contributed by atoms with Gasteiger partial charge in [-0.05, 0) is 43.3 Å². The van der Waals surface area contributed by atoms with E-state index in [2.05, 4.69) is 5.32 Å². The van der Waals surface area contributed by atoms with Gasteiger partial charge in [-0.3, -0.25) is 4.79 Å². The molecular weight excluding hydrogens is 304 g/mol. The molecule has 0 bridgehead atoms. The molecule has 1 heterocycles. The second-order valence-electron chi connectivity index (χ2n) is 5.01. The van der Waals surface area contributed by atoms with Crippen LogP contribution in [0.1, 0.15) is 21.9 Å². The number of amides is 1. The number of sulfonamides is 1. The number of hydrogen-bond acceptors (Lipinski definition) is 4. The van der Waals surface area contributed by atoms with Gasteiger partial charge in [0.2, 0.25) is 10.0 Å². The van der Waals surface area contributed by atoms with E-state index in [0.717, 1.165) is 10.1 Å². The van der Waals surface area contributed by atoms with Crippen LogP contribution >= 0.6 is 0 Å². The highest BCUT2D eigenvalue weighted by Crippen LogP contribution is 2.14. The third-order valence-corrected chi connectivity index (χ3v) is 4.94. The smallest absolute Gasteiger partial charge is 0.251 e. The highest BCUT2D eigenvalue weighted by Gasteiger charge is 2.17. The van der Waals surface area contributed by atoms with Crippen molar-refractivity contribution in [3.63, 3.8) is 0 Å². The zero-order valence-electron chi connectivity index (χ0n) is 12.7. The number of benzene rings is 1. The Labute approximate surface area is 129 Å². The predicted octanol–water partition coefficient (Wildman–Crippen LogP) is 1.77. The van der Waals surface area contributed by atoms with Crippen molar-refractivity contribution in [3.8, 4) is 0 Å². The van der Waals surface area contributed by atoms with Crippen molar-refractivity contribution in [2.45, 2.75) is 18.4 Å². The van der Waals surface area contributed by atoms with E-state index in [1.54, 1.807) is 6.07 Å². The number of rotatable bonds is 5. The molecule has 0 aliphatic rings. The van der Waals surface area contributed by atoms with Crippen molar-refractivity contribution < 1.29 is 17.6 Å². The van der Waals surface area contributed by atoms with Crippen LogP contribution in [0.2, 0.25) is 0 Å². The van der Waals surface area contributed by atoms with Crippen molar-refractivity contribution in [1.82, 2.24) is 9.62 Å². The van der Waals surface area contributed by atoms with Crippen molar-refractivity contribution in [3.05, 3.63) is 53.5 Å². The molecule has 1 N–H and O–H groups in total. The van der Waals surface area contributed by atoms with Crippen LogP contribution in [0.25, 0.3) is 0 Å². The molecule has 118 valence electrons. The summed E-state index contributed by atoms with van der Waals surface area (Å²) in [6.45, 7) is 2.11. The summed E-state index contributed by atoms with van der Waals surface area (Å²) < 4.78 is 30.4. The molecule has 0 aliphatic carbocycles. The SMILES string of the molecule is Cc1ccc(CNC(=O)c2ccc(S(=O)(=O)N(C)C)cc2)o1. The number of carbonyl (C=O) groups excluding carboxylic acids is 1. The molecule has 0 fully saturated rings. The van der Waals surface area contributed by atoms with Crippen LogP contribution < -0.4 is 5.32 Å². The van der Waals surface area contributed by atoms with Crippen LogP contribution in [-0.2, 0) is 16.6 Å². The minimum absolute atomic E-state index is 0.149. The molecule has 1 aromatic carbocycles.